The molecule has 2 aromatic heterocycles. The Labute approximate surface area is 178 Å². The summed E-state index contributed by atoms with van der Waals surface area (Å²) in [5.41, 5.74) is 1.11. The van der Waals surface area contributed by atoms with Gasteiger partial charge in [-0.15, -0.1) is 11.8 Å². The summed E-state index contributed by atoms with van der Waals surface area (Å²) >= 11 is 1.38. The molecule has 0 atom stereocenters. The van der Waals surface area contributed by atoms with E-state index in [4.69, 9.17) is 4.74 Å². The summed E-state index contributed by atoms with van der Waals surface area (Å²) in [5.74, 6) is -1.01. The zero-order valence-electron chi connectivity index (χ0n) is 17.0. The Morgan fingerprint density at radius 2 is 1.90 bits per heavy atom. The third-order valence-electron chi connectivity index (χ3n) is 4.59. The van der Waals surface area contributed by atoms with Gasteiger partial charge in [0.25, 0.3) is 0 Å². The normalized spacial score (nSPS) is 10.9. The summed E-state index contributed by atoms with van der Waals surface area (Å²) in [6.07, 6.45) is 4.14. The molecule has 8 heteroatoms. The topological polar surface area (TPSA) is 55.3 Å². The molecule has 0 bridgehead atoms. The van der Waals surface area contributed by atoms with Crippen molar-refractivity contribution in [2.75, 3.05) is 18.3 Å². The average molecular weight is 429 g/mol. The molecule has 3 rings (SSSR count). The van der Waals surface area contributed by atoms with E-state index in [2.05, 4.69) is 9.97 Å². The van der Waals surface area contributed by atoms with Crippen molar-refractivity contribution in [1.82, 2.24) is 9.97 Å². The Morgan fingerprint density at radius 3 is 2.53 bits per heavy atom. The molecule has 0 fully saturated rings. The first-order valence-corrected chi connectivity index (χ1v) is 10.4. The maximum atomic E-state index is 14.7. The summed E-state index contributed by atoms with van der Waals surface area (Å²) in [6, 6.07) is 8.56. The van der Waals surface area contributed by atoms with E-state index >= 15 is 0 Å². The van der Waals surface area contributed by atoms with Gasteiger partial charge < -0.3 is 4.74 Å². The number of anilines is 2. The first-order valence-electron chi connectivity index (χ1n) is 9.19. The van der Waals surface area contributed by atoms with E-state index in [9.17, 15) is 13.6 Å². The van der Waals surface area contributed by atoms with Crippen LogP contribution in [0.4, 0.5) is 20.3 Å². The lowest BCUT2D eigenvalue weighted by Gasteiger charge is -2.24. The standard InChI is InChI=1S/C22H21F2N3O2S/c1-13(2)14-10-11-25-22(30-4)21(14)27(12-28)18-9-8-16(24)20(26-18)19-15(23)6-5-7-17(19)29-3/h5-13H,1-4H3. The van der Waals surface area contributed by atoms with Gasteiger partial charge in [-0.25, -0.2) is 18.7 Å². The van der Waals surface area contributed by atoms with Crippen molar-refractivity contribution < 1.29 is 18.3 Å². The van der Waals surface area contributed by atoms with E-state index in [0.717, 1.165) is 11.6 Å². The van der Waals surface area contributed by atoms with Crippen molar-refractivity contribution in [2.24, 2.45) is 0 Å². The summed E-state index contributed by atoms with van der Waals surface area (Å²) < 4.78 is 34.4. The van der Waals surface area contributed by atoms with Gasteiger partial charge in [0.15, 0.2) is 0 Å². The number of methoxy groups -OCH3 is 1. The number of hydrogen-bond acceptors (Lipinski definition) is 5. The summed E-state index contributed by atoms with van der Waals surface area (Å²) in [4.78, 5) is 22.1. The highest BCUT2D eigenvalue weighted by Gasteiger charge is 2.24. The lowest BCUT2D eigenvalue weighted by Crippen LogP contribution is -2.19. The Bertz CT molecular complexity index is 1080. The number of nitrogens with zero attached hydrogens (tertiary/aromatic N) is 3. The number of carbonyl (C=O) groups is 1. The molecule has 0 radical (unpaired) electrons. The molecule has 0 spiro atoms. The summed E-state index contributed by atoms with van der Waals surface area (Å²) in [6.45, 7) is 4.00. The van der Waals surface area contributed by atoms with Gasteiger partial charge in [-0.2, -0.15) is 0 Å². The monoisotopic (exact) mass is 429 g/mol. The molecule has 0 aliphatic carbocycles. The van der Waals surface area contributed by atoms with Crippen LogP contribution in [0, 0.1) is 11.6 Å². The molecule has 0 aliphatic rings. The molecule has 3 aromatic rings. The summed E-state index contributed by atoms with van der Waals surface area (Å²) in [5, 5.41) is 0.629. The highest BCUT2D eigenvalue weighted by atomic mass is 32.2. The maximum Gasteiger partial charge on any atom is 0.220 e. The van der Waals surface area contributed by atoms with E-state index in [-0.39, 0.29) is 28.7 Å². The average Bonchev–Trinajstić information content (AvgIpc) is 2.75. The SMILES string of the molecule is COc1cccc(F)c1-c1nc(N(C=O)c2c(C(C)C)ccnc2SC)ccc1F. The van der Waals surface area contributed by atoms with E-state index in [1.165, 1.54) is 48.0 Å². The van der Waals surface area contributed by atoms with E-state index < -0.39 is 11.6 Å². The zero-order chi connectivity index (χ0) is 21.8. The quantitative estimate of drug-likeness (QED) is 0.363. The van der Waals surface area contributed by atoms with Crippen LogP contribution in [0.5, 0.6) is 5.75 Å². The van der Waals surface area contributed by atoms with Crippen molar-refractivity contribution in [3.8, 4) is 17.0 Å². The van der Waals surface area contributed by atoms with E-state index in [1.807, 2.05) is 26.2 Å². The number of ether oxygens (including phenoxy) is 1. The van der Waals surface area contributed by atoms with Gasteiger partial charge in [-0.1, -0.05) is 19.9 Å². The highest BCUT2D eigenvalue weighted by Crippen LogP contribution is 2.39. The van der Waals surface area contributed by atoms with Crippen molar-refractivity contribution in [1.29, 1.82) is 0 Å². The predicted molar refractivity (Wildman–Crippen MR) is 114 cm³/mol. The third-order valence-corrected chi connectivity index (χ3v) is 5.28. The van der Waals surface area contributed by atoms with Crippen molar-refractivity contribution >= 4 is 29.7 Å². The molecule has 1 aromatic carbocycles. The number of pyridine rings is 2. The number of benzene rings is 1. The molecule has 5 nitrogen and oxygen atoms in total. The van der Waals surface area contributed by atoms with Gasteiger partial charge in [0.2, 0.25) is 6.41 Å². The van der Waals surface area contributed by atoms with Crippen molar-refractivity contribution in [3.05, 3.63) is 59.8 Å². The number of rotatable bonds is 7. The lowest BCUT2D eigenvalue weighted by molar-refractivity contribution is -0.106. The van der Waals surface area contributed by atoms with Crippen LogP contribution >= 0.6 is 11.8 Å². The Hall–Kier alpha value is -3.00. The second kappa shape index (κ2) is 9.21. The number of carbonyl (C=O) groups excluding carboxylic acids is 1. The zero-order valence-corrected chi connectivity index (χ0v) is 17.8. The third kappa shape index (κ3) is 4.00. The van der Waals surface area contributed by atoms with Crippen LogP contribution in [0.25, 0.3) is 11.3 Å². The van der Waals surface area contributed by atoms with Crippen molar-refractivity contribution in [2.45, 2.75) is 24.8 Å². The van der Waals surface area contributed by atoms with Crippen LogP contribution < -0.4 is 9.64 Å². The summed E-state index contributed by atoms with van der Waals surface area (Å²) in [7, 11) is 1.37. The fraction of sp³-hybridized carbons (Fsp3) is 0.227. The minimum Gasteiger partial charge on any atom is -0.496 e. The molecule has 30 heavy (non-hydrogen) atoms. The lowest BCUT2D eigenvalue weighted by atomic mass is 10.0. The van der Waals surface area contributed by atoms with Gasteiger partial charge in [-0.3, -0.25) is 9.69 Å². The van der Waals surface area contributed by atoms with Gasteiger partial charge in [0.1, 0.15) is 33.9 Å². The largest absolute Gasteiger partial charge is 0.496 e. The minimum atomic E-state index is -0.728. The van der Waals surface area contributed by atoms with Crippen LogP contribution in [0.2, 0.25) is 0 Å². The Morgan fingerprint density at radius 1 is 1.13 bits per heavy atom. The van der Waals surface area contributed by atoms with E-state index in [1.54, 1.807) is 6.20 Å². The minimum absolute atomic E-state index is 0.0999. The molecule has 0 saturated heterocycles. The number of hydrogen-bond donors (Lipinski definition) is 0. The van der Waals surface area contributed by atoms with Gasteiger partial charge in [0, 0.05) is 6.20 Å². The number of amides is 1. The molecule has 2 heterocycles. The predicted octanol–water partition coefficient (Wildman–Crippen LogP) is 5.57. The molecular weight excluding hydrogens is 408 g/mol. The number of aromatic nitrogens is 2. The first kappa shape index (κ1) is 21.7. The van der Waals surface area contributed by atoms with E-state index in [0.29, 0.717) is 17.1 Å². The van der Waals surface area contributed by atoms with Crippen LogP contribution in [-0.2, 0) is 4.79 Å². The van der Waals surface area contributed by atoms with Crippen LogP contribution in [0.3, 0.4) is 0 Å². The fourth-order valence-corrected chi connectivity index (χ4v) is 3.75. The molecule has 0 saturated carbocycles. The van der Waals surface area contributed by atoms with Crippen LogP contribution in [-0.4, -0.2) is 29.7 Å². The van der Waals surface area contributed by atoms with Gasteiger partial charge in [-0.05, 0) is 48.1 Å². The second-order valence-corrected chi connectivity index (χ2v) is 7.50. The highest BCUT2D eigenvalue weighted by molar-refractivity contribution is 7.98. The molecule has 0 unspecified atom stereocenters. The molecular formula is C22H21F2N3O2S. The smallest absolute Gasteiger partial charge is 0.220 e. The van der Waals surface area contributed by atoms with Crippen LogP contribution in [0.15, 0.2) is 47.6 Å². The van der Waals surface area contributed by atoms with Crippen molar-refractivity contribution in [3.63, 3.8) is 0 Å². The Balaban J connectivity index is 2.24. The first-order chi connectivity index (χ1) is 14.4. The Kier molecular flexibility index (Phi) is 6.66. The number of halogens is 2. The van der Waals surface area contributed by atoms with Crippen LogP contribution in [0.1, 0.15) is 25.3 Å². The molecule has 0 N–H and O–H groups in total. The molecule has 156 valence electrons. The van der Waals surface area contributed by atoms with Gasteiger partial charge in [0.05, 0.1) is 18.4 Å². The molecule has 0 aliphatic heterocycles. The molecule has 1 amide bonds. The van der Waals surface area contributed by atoms with Gasteiger partial charge >= 0.3 is 0 Å². The maximum absolute atomic E-state index is 14.7. The second-order valence-electron chi connectivity index (χ2n) is 6.71. The fourth-order valence-electron chi connectivity index (χ4n) is 3.17. The number of thioether (sulfide) groups is 1.